The van der Waals surface area contributed by atoms with Crippen LogP contribution in [0.3, 0.4) is 0 Å². The average Bonchev–Trinajstić information content (AvgIpc) is 2.33. The van der Waals surface area contributed by atoms with Gasteiger partial charge in [0.1, 0.15) is 0 Å². The summed E-state index contributed by atoms with van der Waals surface area (Å²) in [4.78, 5) is 1.62. The second-order valence-corrected chi connectivity index (χ2v) is 3.81. The van der Waals surface area contributed by atoms with Crippen molar-refractivity contribution in [1.82, 2.24) is 0 Å². The van der Waals surface area contributed by atoms with Crippen molar-refractivity contribution in [2.45, 2.75) is 0 Å². The van der Waals surface area contributed by atoms with Crippen molar-refractivity contribution in [3.8, 4) is 0 Å². The van der Waals surface area contributed by atoms with Crippen LogP contribution in [-0.4, -0.2) is 43.5 Å². The lowest BCUT2D eigenvalue weighted by Gasteiger charge is -2.29. The van der Waals surface area contributed by atoms with Gasteiger partial charge in [-0.25, -0.2) is 8.78 Å². The third-order valence-corrected chi connectivity index (χ3v) is 2.68. The Morgan fingerprint density at radius 2 is 1.82 bits per heavy atom. The van der Waals surface area contributed by atoms with Crippen molar-refractivity contribution in [2.24, 2.45) is 0 Å². The van der Waals surface area contributed by atoms with E-state index >= 15 is 0 Å². The summed E-state index contributed by atoms with van der Waals surface area (Å²) in [5, 5.41) is 18.0. The first-order valence-corrected chi connectivity index (χ1v) is 5.27. The van der Waals surface area contributed by atoms with Crippen molar-refractivity contribution in [3.63, 3.8) is 0 Å². The van der Waals surface area contributed by atoms with Gasteiger partial charge in [0.05, 0.1) is 18.9 Å². The molecular weight excluding hydrogens is 231 g/mol. The molecule has 1 aliphatic rings. The van der Waals surface area contributed by atoms with Crippen LogP contribution in [0.4, 0.5) is 14.5 Å². The standard InChI is InChI=1S/C10H12BF2NO3/c12-8-5-7(11(15)16)6-9(10(8)13)14-1-3-17-4-2-14/h5-6,15-16H,1-4H2. The van der Waals surface area contributed by atoms with Gasteiger partial charge < -0.3 is 19.7 Å². The number of rotatable bonds is 2. The molecule has 2 rings (SSSR count). The lowest BCUT2D eigenvalue weighted by Crippen LogP contribution is -2.39. The predicted molar refractivity (Wildman–Crippen MR) is 59.2 cm³/mol. The molecule has 0 radical (unpaired) electrons. The van der Waals surface area contributed by atoms with E-state index in [0.717, 1.165) is 6.07 Å². The predicted octanol–water partition coefficient (Wildman–Crippen LogP) is -0.519. The van der Waals surface area contributed by atoms with E-state index in [1.807, 2.05) is 0 Å². The molecule has 0 unspecified atom stereocenters. The van der Waals surface area contributed by atoms with Gasteiger partial charge in [0.2, 0.25) is 0 Å². The average molecular weight is 243 g/mol. The van der Waals surface area contributed by atoms with Crippen LogP contribution in [0.5, 0.6) is 0 Å². The highest BCUT2D eigenvalue weighted by Gasteiger charge is 2.22. The first kappa shape index (κ1) is 12.3. The Hall–Kier alpha value is -1.18. The number of ether oxygens (including phenoxy) is 1. The Morgan fingerprint density at radius 3 is 2.41 bits per heavy atom. The van der Waals surface area contributed by atoms with E-state index in [0.29, 0.717) is 26.3 Å². The minimum absolute atomic E-state index is 0.0383. The Bertz CT molecular complexity index is 411. The topological polar surface area (TPSA) is 52.9 Å². The maximum absolute atomic E-state index is 13.6. The number of morpholine rings is 1. The fraction of sp³-hybridized carbons (Fsp3) is 0.400. The van der Waals surface area contributed by atoms with Crippen LogP contribution >= 0.6 is 0 Å². The summed E-state index contributed by atoms with van der Waals surface area (Å²) < 4.78 is 32.0. The van der Waals surface area contributed by atoms with Gasteiger partial charge in [-0.15, -0.1) is 0 Å². The zero-order valence-corrected chi connectivity index (χ0v) is 9.07. The molecule has 1 aromatic rings. The fourth-order valence-electron chi connectivity index (χ4n) is 1.78. The van der Waals surface area contributed by atoms with Crippen LogP contribution in [0, 0.1) is 11.6 Å². The molecule has 0 amide bonds. The second kappa shape index (κ2) is 4.99. The normalized spacial score (nSPS) is 16.1. The smallest absolute Gasteiger partial charge is 0.423 e. The lowest BCUT2D eigenvalue weighted by atomic mass is 9.80. The Kier molecular flexibility index (Phi) is 3.61. The van der Waals surface area contributed by atoms with Crippen molar-refractivity contribution >= 4 is 18.3 Å². The van der Waals surface area contributed by atoms with E-state index in [1.54, 1.807) is 4.90 Å². The van der Waals surface area contributed by atoms with Gasteiger partial charge in [0, 0.05) is 13.1 Å². The van der Waals surface area contributed by atoms with Crippen LogP contribution in [0.2, 0.25) is 0 Å². The zero-order valence-electron chi connectivity index (χ0n) is 9.07. The number of halogens is 2. The minimum Gasteiger partial charge on any atom is -0.423 e. The van der Waals surface area contributed by atoms with Crippen LogP contribution in [0.1, 0.15) is 0 Å². The highest BCUT2D eigenvalue weighted by atomic mass is 19.2. The Labute approximate surface area is 97.6 Å². The zero-order chi connectivity index (χ0) is 12.4. The molecule has 0 atom stereocenters. The molecule has 17 heavy (non-hydrogen) atoms. The van der Waals surface area contributed by atoms with Gasteiger partial charge in [-0.2, -0.15) is 0 Å². The number of hydrogen-bond donors (Lipinski definition) is 2. The summed E-state index contributed by atoms with van der Waals surface area (Å²) in [6.07, 6.45) is 0. The van der Waals surface area contributed by atoms with Gasteiger partial charge in [0.25, 0.3) is 0 Å². The molecule has 1 heterocycles. The fourth-order valence-corrected chi connectivity index (χ4v) is 1.78. The molecule has 7 heteroatoms. The van der Waals surface area contributed by atoms with Crippen LogP contribution < -0.4 is 10.4 Å². The summed E-state index contributed by atoms with van der Waals surface area (Å²) in [7, 11) is -1.81. The number of anilines is 1. The molecule has 1 aliphatic heterocycles. The quantitative estimate of drug-likeness (QED) is 0.686. The molecule has 0 aliphatic carbocycles. The molecular formula is C10H12BF2NO3. The van der Waals surface area contributed by atoms with E-state index in [1.165, 1.54) is 6.07 Å². The molecule has 4 nitrogen and oxygen atoms in total. The highest BCUT2D eigenvalue weighted by molar-refractivity contribution is 6.58. The summed E-state index contributed by atoms with van der Waals surface area (Å²) in [5.41, 5.74) is -0.0261. The largest absolute Gasteiger partial charge is 0.488 e. The summed E-state index contributed by atoms with van der Waals surface area (Å²) in [5.74, 6) is -2.06. The SMILES string of the molecule is OB(O)c1cc(F)c(F)c(N2CCOCC2)c1. The van der Waals surface area contributed by atoms with E-state index in [4.69, 9.17) is 14.8 Å². The van der Waals surface area contributed by atoms with Gasteiger partial charge >= 0.3 is 7.12 Å². The van der Waals surface area contributed by atoms with E-state index in [9.17, 15) is 8.78 Å². The Morgan fingerprint density at radius 1 is 1.18 bits per heavy atom. The van der Waals surface area contributed by atoms with E-state index in [-0.39, 0.29) is 11.2 Å². The first-order valence-electron chi connectivity index (χ1n) is 5.27. The van der Waals surface area contributed by atoms with Crippen LogP contribution in [0.25, 0.3) is 0 Å². The molecule has 2 N–H and O–H groups in total. The van der Waals surface area contributed by atoms with Crippen molar-refractivity contribution in [1.29, 1.82) is 0 Å². The van der Waals surface area contributed by atoms with E-state index < -0.39 is 18.8 Å². The third kappa shape index (κ3) is 2.57. The second-order valence-electron chi connectivity index (χ2n) is 3.81. The maximum atomic E-state index is 13.6. The first-order chi connectivity index (χ1) is 8.09. The lowest BCUT2D eigenvalue weighted by molar-refractivity contribution is 0.122. The van der Waals surface area contributed by atoms with Gasteiger partial charge in [-0.05, 0) is 17.6 Å². The molecule has 0 spiro atoms. The number of hydrogen-bond acceptors (Lipinski definition) is 4. The third-order valence-electron chi connectivity index (χ3n) is 2.68. The molecule has 0 saturated carbocycles. The highest BCUT2D eigenvalue weighted by Crippen LogP contribution is 2.21. The Balaban J connectivity index is 2.36. The molecule has 1 saturated heterocycles. The number of benzene rings is 1. The number of nitrogens with zero attached hydrogens (tertiary/aromatic N) is 1. The summed E-state index contributed by atoms with van der Waals surface area (Å²) in [6.45, 7) is 1.77. The van der Waals surface area contributed by atoms with Crippen molar-refractivity contribution < 1.29 is 23.6 Å². The van der Waals surface area contributed by atoms with Crippen molar-refractivity contribution in [2.75, 3.05) is 31.2 Å². The van der Waals surface area contributed by atoms with Gasteiger partial charge in [-0.3, -0.25) is 0 Å². The summed E-state index contributed by atoms with van der Waals surface area (Å²) >= 11 is 0. The van der Waals surface area contributed by atoms with Gasteiger partial charge in [-0.1, -0.05) is 0 Å². The van der Waals surface area contributed by atoms with Gasteiger partial charge in [0.15, 0.2) is 11.6 Å². The molecule has 1 aromatic carbocycles. The van der Waals surface area contributed by atoms with Crippen LogP contribution in [-0.2, 0) is 4.74 Å². The van der Waals surface area contributed by atoms with E-state index in [2.05, 4.69) is 0 Å². The minimum atomic E-state index is -1.81. The summed E-state index contributed by atoms with van der Waals surface area (Å²) in [6, 6.07) is 2.03. The monoisotopic (exact) mass is 243 g/mol. The maximum Gasteiger partial charge on any atom is 0.488 e. The molecule has 1 fully saturated rings. The molecule has 0 aromatic heterocycles. The molecule has 0 bridgehead atoms. The van der Waals surface area contributed by atoms with Crippen LogP contribution in [0.15, 0.2) is 12.1 Å². The van der Waals surface area contributed by atoms with Crippen molar-refractivity contribution in [3.05, 3.63) is 23.8 Å². The molecule has 92 valence electrons.